The van der Waals surface area contributed by atoms with Crippen molar-refractivity contribution in [1.82, 2.24) is 8.75 Å². The zero-order chi connectivity index (χ0) is 59.2. The topological polar surface area (TPSA) is 25.8 Å². The monoisotopic (exact) mass is 1330 g/mol. The maximum Gasteiger partial charge on any atom is 0.170 e. The molecule has 83 heavy (non-hydrogen) atoms. The average Bonchev–Trinajstić information content (AvgIpc) is 2.53. The molecule has 0 saturated heterocycles. The van der Waals surface area contributed by atoms with Gasteiger partial charge in [0.25, 0.3) is 0 Å². The Balaban J connectivity index is 1.39. The lowest BCUT2D eigenvalue weighted by Gasteiger charge is -2.17. The molecule has 1 aromatic carbocycles. The molecule has 0 aliphatic heterocycles. The van der Waals surface area contributed by atoms with Gasteiger partial charge < -0.3 is 0 Å². The first kappa shape index (κ1) is 74.7. The summed E-state index contributed by atoms with van der Waals surface area (Å²) >= 11 is 12.0. The molecule has 0 amide bonds. The summed E-state index contributed by atoms with van der Waals surface area (Å²) in [7, 11) is 0. The summed E-state index contributed by atoms with van der Waals surface area (Å²) in [5.74, 6) is -0.420. The van der Waals surface area contributed by atoms with Crippen LogP contribution in [0.25, 0.3) is 31.9 Å². The molecule has 0 fully saturated rings. The molecule has 0 aliphatic carbocycles. The van der Waals surface area contributed by atoms with Crippen molar-refractivity contribution in [3.05, 3.63) is 42.5 Å². The highest BCUT2D eigenvalue weighted by atomic mass is 79.9. The summed E-state index contributed by atoms with van der Waals surface area (Å²) in [6, 6.07) is 4.30. The zero-order valence-corrected chi connectivity index (χ0v) is 59.7. The molecule has 0 aliphatic rings. The van der Waals surface area contributed by atoms with E-state index in [1.807, 2.05) is 0 Å². The molecule has 3 heterocycles. The highest BCUT2D eigenvalue weighted by Crippen LogP contribution is 2.47. The van der Waals surface area contributed by atoms with Crippen LogP contribution in [0.3, 0.4) is 0 Å². The van der Waals surface area contributed by atoms with Crippen molar-refractivity contribution in [1.29, 1.82) is 0 Å². The number of unbranched alkanes of at least 4 members (excludes halogenated alkanes) is 44. The van der Waals surface area contributed by atoms with E-state index >= 15 is 8.78 Å². The van der Waals surface area contributed by atoms with Gasteiger partial charge in [0.1, 0.15) is 11.0 Å². The van der Waals surface area contributed by atoms with Gasteiger partial charge in [-0.2, -0.15) is 8.75 Å². The fourth-order valence-corrected chi connectivity index (χ4v) is 17.2. The Hall–Kier alpha value is -0.740. The van der Waals surface area contributed by atoms with Crippen LogP contribution in [0.1, 0.15) is 373 Å². The fraction of sp³-hybridized carbons (Fsp3) is 0.811. The van der Waals surface area contributed by atoms with Crippen molar-refractivity contribution in [3.8, 4) is 20.9 Å². The van der Waals surface area contributed by atoms with Gasteiger partial charge in [-0.25, -0.2) is 8.78 Å². The van der Waals surface area contributed by atoms with Crippen LogP contribution in [-0.4, -0.2) is 8.75 Å². The van der Waals surface area contributed by atoms with Crippen LogP contribution in [0.5, 0.6) is 0 Å². The largest absolute Gasteiger partial charge is 0.203 e. The number of thiophene rings is 2. The highest BCUT2D eigenvalue weighted by Gasteiger charge is 2.29. The molecule has 3 aromatic heterocycles. The van der Waals surface area contributed by atoms with E-state index in [2.05, 4.69) is 71.7 Å². The molecule has 9 heteroatoms. The first-order chi connectivity index (χ1) is 40.8. The first-order valence-electron chi connectivity index (χ1n) is 36.0. The van der Waals surface area contributed by atoms with Crippen LogP contribution in [0.4, 0.5) is 8.78 Å². The summed E-state index contributed by atoms with van der Waals surface area (Å²) in [6.07, 6.45) is 72.6. The number of rotatable bonds is 58. The van der Waals surface area contributed by atoms with Gasteiger partial charge in [-0.15, -0.1) is 22.7 Å². The van der Waals surface area contributed by atoms with E-state index in [0.29, 0.717) is 22.9 Å². The summed E-state index contributed by atoms with van der Waals surface area (Å²) in [6.45, 7) is 9.20. The second-order valence-corrected chi connectivity index (χ2v) is 31.3. The Morgan fingerprint density at radius 1 is 0.325 bits per heavy atom. The lowest BCUT2D eigenvalue weighted by Crippen LogP contribution is -2.05. The van der Waals surface area contributed by atoms with Gasteiger partial charge in [-0.1, -0.05) is 362 Å². The van der Waals surface area contributed by atoms with Gasteiger partial charge >= 0.3 is 0 Å². The number of halogens is 4. The van der Waals surface area contributed by atoms with Gasteiger partial charge in [-0.3, -0.25) is 0 Å². The number of fused-ring (bicyclic) bond motifs is 1. The summed E-state index contributed by atoms with van der Waals surface area (Å²) in [5.41, 5.74) is 3.95. The van der Waals surface area contributed by atoms with Gasteiger partial charge in [0.05, 0.1) is 30.4 Å². The molecule has 0 N–H and O–H groups in total. The molecule has 0 unspecified atom stereocenters. The van der Waals surface area contributed by atoms with Crippen molar-refractivity contribution >= 4 is 77.3 Å². The normalized spacial score (nSPS) is 12.0. The van der Waals surface area contributed by atoms with E-state index in [1.165, 1.54) is 368 Å². The molecule has 2 nitrogen and oxygen atoms in total. The van der Waals surface area contributed by atoms with Crippen molar-refractivity contribution < 1.29 is 8.78 Å². The van der Waals surface area contributed by atoms with Crippen LogP contribution < -0.4 is 0 Å². The standard InChI is InChI=1S/C74H124Br2F2N2S3/c1-5-9-13-17-21-25-29-33-37-41-45-49-53-61(54-50-46-42-38-34-30-26-22-18-14-10-6-2)57-63-59-65(81-73(63)75)67-69(77)70(78)68(72-71(67)79-83-80-72)66-60-64(74(76)82-66)58-62(55-51-47-43-39-35-31-27-23-19-15-11-7-3)56-52-48-44-40-36-32-28-24-20-16-12-8-4/h59-62H,5-58H2,1-4H3. The number of hydrogen-bond acceptors (Lipinski definition) is 5. The number of benzene rings is 1. The predicted octanol–water partition coefficient (Wildman–Crippen LogP) is 29.6. The van der Waals surface area contributed by atoms with Gasteiger partial charge in [0.15, 0.2) is 11.6 Å². The molecule has 476 valence electrons. The van der Waals surface area contributed by atoms with Crippen LogP contribution in [0.2, 0.25) is 0 Å². The number of nitrogens with zero attached hydrogens (tertiary/aromatic N) is 2. The van der Waals surface area contributed by atoms with Crippen LogP contribution in [-0.2, 0) is 12.8 Å². The van der Waals surface area contributed by atoms with E-state index in [9.17, 15) is 0 Å². The van der Waals surface area contributed by atoms with Gasteiger partial charge in [0, 0.05) is 9.75 Å². The second kappa shape index (κ2) is 50.1. The predicted molar refractivity (Wildman–Crippen MR) is 377 cm³/mol. The first-order valence-corrected chi connectivity index (χ1v) is 40.0. The maximum atomic E-state index is 17.0. The molecule has 0 spiro atoms. The molecular weight excluding hydrogens is 1210 g/mol. The lowest BCUT2D eigenvalue weighted by molar-refractivity contribution is 0.399. The minimum atomic E-state index is -0.798. The third kappa shape index (κ3) is 32.5. The van der Waals surface area contributed by atoms with Gasteiger partial charge in [0.2, 0.25) is 0 Å². The molecule has 0 bridgehead atoms. The Kier molecular flexibility index (Phi) is 45.1. The Bertz CT molecular complexity index is 1940. The maximum absolute atomic E-state index is 17.0. The van der Waals surface area contributed by atoms with Crippen LogP contribution in [0, 0.1) is 23.5 Å². The fourth-order valence-electron chi connectivity index (χ4n) is 13.1. The Labute approximate surface area is 540 Å². The van der Waals surface area contributed by atoms with E-state index in [-0.39, 0.29) is 11.1 Å². The Morgan fingerprint density at radius 2 is 0.530 bits per heavy atom. The number of aromatic nitrogens is 2. The van der Waals surface area contributed by atoms with Crippen molar-refractivity contribution in [2.45, 2.75) is 374 Å². The Morgan fingerprint density at radius 3 is 0.747 bits per heavy atom. The summed E-state index contributed by atoms with van der Waals surface area (Å²) in [4.78, 5) is 1.49. The third-order valence-corrected chi connectivity index (χ3v) is 23.0. The smallest absolute Gasteiger partial charge is 0.170 e. The van der Waals surface area contributed by atoms with Crippen LogP contribution >= 0.6 is 66.3 Å². The molecule has 0 saturated carbocycles. The quantitative estimate of drug-likeness (QED) is 0.0412. The highest BCUT2D eigenvalue weighted by molar-refractivity contribution is 9.11. The van der Waals surface area contributed by atoms with E-state index in [0.717, 1.165) is 41.9 Å². The lowest BCUT2D eigenvalue weighted by atomic mass is 9.89. The molecular formula is C74H124Br2F2N2S3. The SMILES string of the molecule is CCCCCCCCCCCCCCC(CCCCCCCCCCCCCC)Cc1cc(-c2c(F)c(F)c(-c3cc(CC(CCCCCCCCCCCCCC)CCCCCCCCCCCCCC)c(Br)s3)c3nsnc23)sc1Br. The summed E-state index contributed by atoms with van der Waals surface area (Å²) < 4.78 is 45.5. The second-order valence-electron chi connectivity index (χ2n) is 26.0. The van der Waals surface area contributed by atoms with E-state index in [4.69, 9.17) is 8.75 Å². The minimum Gasteiger partial charge on any atom is -0.203 e. The van der Waals surface area contributed by atoms with Crippen molar-refractivity contribution in [2.24, 2.45) is 11.8 Å². The summed E-state index contributed by atoms with van der Waals surface area (Å²) in [5, 5.41) is 0. The third-order valence-electron chi connectivity index (χ3n) is 18.5. The van der Waals surface area contributed by atoms with Crippen LogP contribution in [0.15, 0.2) is 19.7 Å². The zero-order valence-electron chi connectivity index (χ0n) is 54.1. The van der Waals surface area contributed by atoms with Gasteiger partial charge in [-0.05, 0) is 79.8 Å². The molecule has 4 rings (SSSR count). The molecule has 0 radical (unpaired) electrons. The molecule has 4 aromatic rings. The number of hydrogen-bond donors (Lipinski definition) is 0. The van der Waals surface area contributed by atoms with Crippen molar-refractivity contribution in [3.63, 3.8) is 0 Å². The average molecular weight is 1340 g/mol. The molecule has 0 atom stereocenters. The van der Waals surface area contributed by atoms with E-state index < -0.39 is 11.6 Å². The minimum absolute atomic E-state index is 0.270. The van der Waals surface area contributed by atoms with Crippen molar-refractivity contribution in [2.75, 3.05) is 0 Å². The van der Waals surface area contributed by atoms with E-state index in [1.54, 1.807) is 0 Å².